The van der Waals surface area contributed by atoms with Crippen molar-refractivity contribution in [1.29, 1.82) is 0 Å². The van der Waals surface area contributed by atoms with Crippen LogP contribution < -0.4 is 0 Å². The Hall–Kier alpha value is -1.77. The van der Waals surface area contributed by atoms with Crippen LogP contribution in [0.1, 0.15) is 43.6 Å². The van der Waals surface area contributed by atoms with E-state index in [-0.39, 0.29) is 5.78 Å². The molecule has 1 heterocycles. The number of carbonyl (C=O) groups excluding carboxylic acids is 1. The minimum absolute atomic E-state index is 0.0157. The maximum Gasteiger partial charge on any atom is 0.161 e. The molecule has 0 unspecified atom stereocenters. The smallest absolute Gasteiger partial charge is 0.161 e. The van der Waals surface area contributed by atoms with Crippen LogP contribution in [0.4, 0.5) is 0 Å². The van der Waals surface area contributed by atoms with Gasteiger partial charge in [-0.05, 0) is 31.1 Å². The number of carbonyl (C=O) groups is 1. The van der Waals surface area contributed by atoms with Crippen LogP contribution in [0.3, 0.4) is 0 Å². The van der Waals surface area contributed by atoms with Gasteiger partial charge in [-0.3, -0.25) is 14.8 Å². The molecule has 17 heavy (non-hydrogen) atoms. The quantitative estimate of drug-likeness (QED) is 0.592. The minimum Gasteiger partial charge on any atom is -0.296 e. The number of hydrogen-bond acceptors (Lipinski definition) is 3. The highest BCUT2D eigenvalue weighted by Crippen LogP contribution is 2.17. The third kappa shape index (κ3) is 4.31. The first-order valence-corrected chi connectivity index (χ1v) is 5.74. The van der Waals surface area contributed by atoms with Crippen molar-refractivity contribution in [1.82, 2.24) is 4.98 Å². The van der Waals surface area contributed by atoms with Crippen molar-refractivity contribution in [3.8, 4) is 0 Å². The van der Waals surface area contributed by atoms with Crippen LogP contribution in [-0.2, 0) is 0 Å². The van der Waals surface area contributed by atoms with Gasteiger partial charge >= 0.3 is 0 Å². The van der Waals surface area contributed by atoms with E-state index in [1.807, 2.05) is 32.9 Å². The molecule has 1 aromatic heterocycles. The zero-order chi connectivity index (χ0) is 13.3. The molecule has 0 fully saturated rings. The number of allylic oxidation sites excluding steroid dienone is 2. The SMILES string of the molecule is C/C=C(\C=NC)c1ccncc1C(C)=O.CC. The average Bonchev–Trinajstić information content (AvgIpc) is 2.38. The molecule has 0 amide bonds. The second-order valence-electron chi connectivity index (χ2n) is 3.11. The molecular formula is C14H20N2O. The molecule has 0 spiro atoms. The molecule has 0 aliphatic heterocycles. The zero-order valence-electron chi connectivity index (χ0n) is 11.2. The highest BCUT2D eigenvalue weighted by Gasteiger charge is 2.08. The lowest BCUT2D eigenvalue weighted by Gasteiger charge is -2.05. The monoisotopic (exact) mass is 232 g/mol. The van der Waals surface area contributed by atoms with Gasteiger partial charge in [-0.1, -0.05) is 19.9 Å². The number of hydrogen-bond donors (Lipinski definition) is 0. The lowest BCUT2D eigenvalue weighted by molar-refractivity contribution is 0.101. The van der Waals surface area contributed by atoms with Crippen LogP contribution in [0.5, 0.6) is 0 Å². The van der Waals surface area contributed by atoms with Crippen LogP contribution in [0.2, 0.25) is 0 Å². The summed E-state index contributed by atoms with van der Waals surface area (Å²) >= 11 is 0. The van der Waals surface area contributed by atoms with E-state index in [1.54, 1.807) is 25.7 Å². The number of pyridine rings is 1. The van der Waals surface area contributed by atoms with Crippen molar-refractivity contribution in [2.75, 3.05) is 7.05 Å². The summed E-state index contributed by atoms with van der Waals surface area (Å²) in [5.41, 5.74) is 2.45. The second-order valence-corrected chi connectivity index (χ2v) is 3.11. The van der Waals surface area contributed by atoms with Crippen LogP contribution in [0.15, 0.2) is 29.5 Å². The number of nitrogens with zero attached hydrogens (tertiary/aromatic N) is 2. The Labute approximate surface area is 103 Å². The molecule has 1 aromatic rings. The van der Waals surface area contributed by atoms with Gasteiger partial charge in [0.05, 0.1) is 0 Å². The van der Waals surface area contributed by atoms with Crippen LogP contribution in [0.25, 0.3) is 5.57 Å². The number of Topliss-reactive ketones (excluding diaryl/α,β-unsaturated/α-hetero) is 1. The van der Waals surface area contributed by atoms with E-state index < -0.39 is 0 Å². The van der Waals surface area contributed by atoms with Gasteiger partial charge in [-0.2, -0.15) is 0 Å². The molecule has 0 aromatic carbocycles. The summed E-state index contributed by atoms with van der Waals surface area (Å²) in [4.78, 5) is 19.3. The van der Waals surface area contributed by atoms with Gasteiger partial charge in [0.1, 0.15) is 0 Å². The number of ketones is 1. The molecule has 3 nitrogen and oxygen atoms in total. The lowest BCUT2D eigenvalue weighted by atomic mass is 10.0. The van der Waals surface area contributed by atoms with Gasteiger partial charge in [0.15, 0.2) is 5.78 Å². The largest absolute Gasteiger partial charge is 0.296 e. The van der Waals surface area contributed by atoms with E-state index in [9.17, 15) is 4.79 Å². The number of rotatable bonds is 3. The maximum atomic E-state index is 11.4. The summed E-state index contributed by atoms with van der Waals surface area (Å²) in [5, 5.41) is 0. The van der Waals surface area contributed by atoms with Gasteiger partial charge < -0.3 is 0 Å². The van der Waals surface area contributed by atoms with E-state index in [4.69, 9.17) is 0 Å². The van der Waals surface area contributed by atoms with Crippen molar-refractivity contribution in [2.24, 2.45) is 4.99 Å². The molecule has 0 radical (unpaired) electrons. The summed E-state index contributed by atoms with van der Waals surface area (Å²) in [6.07, 6.45) is 6.93. The molecule has 1 rings (SSSR count). The van der Waals surface area contributed by atoms with Crippen LogP contribution >= 0.6 is 0 Å². The molecule has 92 valence electrons. The van der Waals surface area contributed by atoms with Crippen molar-refractivity contribution in [3.05, 3.63) is 35.7 Å². The summed E-state index contributed by atoms with van der Waals surface area (Å²) in [6, 6.07) is 1.83. The van der Waals surface area contributed by atoms with E-state index in [0.29, 0.717) is 5.56 Å². The Bertz CT molecular complexity index is 420. The first-order valence-electron chi connectivity index (χ1n) is 5.74. The summed E-state index contributed by atoms with van der Waals surface area (Å²) in [7, 11) is 1.71. The lowest BCUT2D eigenvalue weighted by Crippen LogP contribution is -2.00. The second kappa shape index (κ2) is 8.39. The normalized spacial score (nSPS) is 11.0. The van der Waals surface area contributed by atoms with Crippen LogP contribution in [-0.4, -0.2) is 24.0 Å². The topological polar surface area (TPSA) is 42.3 Å². The molecule has 0 saturated carbocycles. The van der Waals surface area contributed by atoms with Crippen molar-refractivity contribution in [3.63, 3.8) is 0 Å². The fraction of sp³-hybridized carbons (Fsp3) is 0.357. The molecular weight excluding hydrogens is 212 g/mol. The van der Waals surface area contributed by atoms with Crippen molar-refractivity contribution in [2.45, 2.75) is 27.7 Å². The molecule has 0 atom stereocenters. The van der Waals surface area contributed by atoms with E-state index in [1.165, 1.54) is 6.92 Å². The molecule has 0 bridgehead atoms. The van der Waals surface area contributed by atoms with Gasteiger partial charge in [0, 0.05) is 31.2 Å². The highest BCUT2D eigenvalue weighted by atomic mass is 16.1. The first-order chi connectivity index (χ1) is 8.20. The van der Waals surface area contributed by atoms with Crippen molar-refractivity contribution >= 4 is 17.6 Å². The number of aromatic nitrogens is 1. The standard InChI is InChI=1S/C12H14N2O.C2H6/c1-4-10(7-13-3)11-5-6-14-8-12(11)9(2)15;1-2/h4-8H,1-3H3;1-2H3/b10-4+,13-7?;. The third-order valence-electron chi connectivity index (χ3n) is 2.09. The minimum atomic E-state index is 0.0157. The van der Waals surface area contributed by atoms with Gasteiger partial charge in [0.2, 0.25) is 0 Å². The Kier molecular flexibility index (Phi) is 7.52. The summed E-state index contributed by atoms with van der Waals surface area (Å²) < 4.78 is 0. The Balaban J connectivity index is 0.00000121. The van der Waals surface area contributed by atoms with Gasteiger partial charge in [-0.25, -0.2) is 0 Å². The molecule has 0 aliphatic carbocycles. The predicted octanol–water partition coefficient (Wildman–Crippen LogP) is 3.41. The van der Waals surface area contributed by atoms with Gasteiger partial charge in [0.25, 0.3) is 0 Å². The first kappa shape index (κ1) is 15.2. The fourth-order valence-electron chi connectivity index (χ4n) is 1.37. The average molecular weight is 232 g/mol. The fourth-order valence-corrected chi connectivity index (χ4v) is 1.37. The molecule has 3 heteroatoms. The maximum absolute atomic E-state index is 11.4. The van der Waals surface area contributed by atoms with Crippen LogP contribution in [0, 0.1) is 0 Å². The summed E-state index contributed by atoms with van der Waals surface area (Å²) in [5.74, 6) is 0.0157. The zero-order valence-corrected chi connectivity index (χ0v) is 11.2. The molecule has 0 aliphatic rings. The molecule has 0 N–H and O–H groups in total. The number of aliphatic imine (C=N–C) groups is 1. The van der Waals surface area contributed by atoms with E-state index >= 15 is 0 Å². The molecule has 0 saturated heterocycles. The van der Waals surface area contributed by atoms with Gasteiger partial charge in [-0.15, -0.1) is 0 Å². The van der Waals surface area contributed by atoms with E-state index in [2.05, 4.69) is 9.98 Å². The highest BCUT2D eigenvalue weighted by molar-refractivity contribution is 6.13. The Morgan fingerprint density at radius 1 is 1.35 bits per heavy atom. The van der Waals surface area contributed by atoms with E-state index in [0.717, 1.165) is 11.1 Å². The Morgan fingerprint density at radius 2 is 2.00 bits per heavy atom. The Morgan fingerprint density at radius 3 is 2.47 bits per heavy atom. The predicted molar refractivity (Wildman–Crippen MR) is 73.7 cm³/mol. The third-order valence-corrected chi connectivity index (χ3v) is 2.09. The summed E-state index contributed by atoms with van der Waals surface area (Å²) in [6.45, 7) is 7.46. The van der Waals surface area contributed by atoms with Crippen molar-refractivity contribution < 1.29 is 4.79 Å².